The van der Waals surface area contributed by atoms with Crippen LogP contribution >= 0.6 is 0 Å². The predicted molar refractivity (Wildman–Crippen MR) is 74.1 cm³/mol. The molecule has 4 nitrogen and oxygen atoms in total. The first-order valence-electron chi connectivity index (χ1n) is 5.69. The highest BCUT2D eigenvalue weighted by Crippen LogP contribution is 2.33. The van der Waals surface area contributed by atoms with Crippen molar-refractivity contribution in [1.82, 2.24) is 0 Å². The highest BCUT2D eigenvalue weighted by atomic mass is 16.5. The van der Waals surface area contributed by atoms with Crippen LogP contribution < -0.4 is 15.2 Å². The van der Waals surface area contributed by atoms with E-state index in [1.165, 1.54) is 0 Å². The molecule has 0 aliphatic rings. The first kappa shape index (κ1) is 14.9. The summed E-state index contributed by atoms with van der Waals surface area (Å²) in [5, 5.41) is 0. The molecule has 0 radical (unpaired) electrons. The van der Waals surface area contributed by atoms with Crippen LogP contribution in [0.2, 0.25) is 0 Å². The SMILES string of the molecule is C#CCOC(CN)c1cc(OC)c(OC)cc1C#C. The number of ether oxygens (including phenoxy) is 3. The van der Waals surface area contributed by atoms with Crippen LogP contribution in [0.1, 0.15) is 17.2 Å². The molecule has 100 valence electrons. The minimum absolute atomic E-state index is 0.167. The summed E-state index contributed by atoms with van der Waals surface area (Å²) in [6.45, 7) is 0.437. The van der Waals surface area contributed by atoms with E-state index in [1.54, 1.807) is 26.4 Å². The number of rotatable bonds is 6. The predicted octanol–water partition coefficient (Wildman–Crippen LogP) is 1.33. The standard InChI is InChI=1S/C15H17NO3/c1-5-7-19-15(10-16)12-9-14(18-4)13(17-3)8-11(12)6-2/h1-2,8-9,15H,7,10,16H2,3-4H3. The van der Waals surface area contributed by atoms with E-state index in [0.717, 1.165) is 5.56 Å². The Morgan fingerprint density at radius 2 is 1.84 bits per heavy atom. The Morgan fingerprint density at radius 1 is 1.21 bits per heavy atom. The van der Waals surface area contributed by atoms with E-state index in [2.05, 4.69) is 11.8 Å². The highest BCUT2D eigenvalue weighted by Gasteiger charge is 2.17. The molecule has 19 heavy (non-hydrogen) atoms. The minimum atomic E-state index is -0.373. The molecule has 0 saturated carbocycles. The van der Waals surface area contributed by atoms with Crippen LogP contribution in [-0.4, -0.2) is 27.4 Å². The maximum atomic E-state index is 5.70. The second-order valence-electron chi connectivity index (χ2n) is 3.68. The summed E-state index contributed by atoms with van der Waals surface area (Å²) in [5.74, 6) is 6.13. The van der Waals surface area contributed by atoms with Gasteiger partial charge in [-0.2, -0.15) is 0 Å². The zero-order valence-corrected chi connectivity index (χ0v) is 11.1. The quantitative estimate of drug-likeness (QED) is 0.783. The van der Waals surface area contributed by atoms with Crippen LogP contribution in [0.4, 0.5) is 0 Å². The second-order valence-corrected chi connectivity index (χ2v) is 3.68. The lowest BCUT2D eigenvalue weighted by atomic mass is 10.0. The molecule has 1 aromatic rings. The zero-order chi connectivity index (χ0) is 14.3. The van der Waals surface area contributed by atoms with Crippen molar-refractivity contribution in [2.45, 2.75) is 6.10 Å². The minimum Gasteiger partial charge on any atom is -0.493 e. The summed E-state index contributed by atoms with van der Waals surface area (Å²) in [4.78, 5) is 0. The van der Waals surface area contributed by atoms with E-state index in [0.29, 0.717) is 17.1 Å². The van der Waals surface area contributed by atoms with Gasteiger partial charge >= 0.3 is 0 Å². The third-order valence-electron chi connectivity index (χ3n) is 2.64. The van der Waals surface area contributed by atoms with Crippen LogP contribution in [0.15, 0.2) is 12.1 Å². The molecule has 1 rings (SSSR count). The molecule has 0 amide bonds. The first-order chi connectivity index (χ1) is 9.21. The van der Waals surface area contributed by atoms with Crippen molar-refractivity contribution in [2.24, 2.45) is 5.73 Å². The van der Waals surface area contributed by atoms with E-state index in [4.69, 9.17) is 32.8 Å². The van der Waals surface area contributed by atoms with Gasteiger partial charge in [0.1, 0.15) is 6.61 Å². The van der Waals surface area contributed by atoms with Crippen LogP contribution in [0, 0.1) is 24.7 Å². The third-order valence-corrected chi connectivity index (χ3v) is 2.64. The zero-order valence-electron chi connectivity index (χ0n) is 11.1. The molecule has 0 aliphatic heterocycles. The maximum Gasteiger partial charge on any atom is 0.161 e. The molecule has 1 atom stereocenters. The molecule has 4 heteroatoms. The Labute approximate surface area is 113 Å². The first-order valence-corrected chi connectivity index (χ1v) is 5.69. The lowest BCUT2D eigenvalue weighted by Gasteiger charge is -2.19. The molecule has 1 aromatic carbocycles. The summed E-state index contributed by atoms with van der Waals surface area (Å²) in [7, 11) is 3.10. The average molecular weight is 259 g/mol. The smallest absolute Gasteiger partial charge is 0.161 e. The average Bonchev–Trinajstić information content (AvgIpc) is 2.47. The Balaban J connectivity index is 3.24. The van der Waals surface area contributed by atoms with Gasteiger partial charge in [-0.3, -0.25) is 0 Å². The molecule has 0 fully saturated rings. The number of methoxy groups -OCH3 is 2. The fourth-order valence-electron chi connectivity index (χ4n) is 1.72. The lowest BCUT2D eigenvalue weighted by Crippen LogP contribution is -2.17. The molecular weight excluding hydrogens is 242 g/mol. The van der Waals surface area contributed by atoms with Gasteiger partial charge in [0.2, 0.25) is 0 Å². The van der Waals surface area contributed by atoms with Gasteiger partial charge in [0.05, 0.1) is 20.3 Å². The summed E-state index contributed by atoms with van der Waals surface area (Å²) >= 11 is 0. The van der Waals surface area contributed by atoms with Gasteiger partial charge < -0.3 is 19.9 Å². The van der Waals surface area contributed by atoms with Gasteiger partial charge in [-0.25, -0.2) is 0 Å². The molecule has 0 bridgehead atoms. The van der Waals surface area contributed by atoms with Crippen LogP contribution in [-0.2, 0) is 4.74 Å². The van der Waals surface area contributed by atoms with Crippen molar-refractivity contribution < 1.29 is 14.2 Å². The Morgan fingerprint density at radius 3 is 2.32 bits per heavy atom. The molecule has 2 N–H and O–H groups in total. The van der Waals surface area contributed by atoms with Gasteiger partial charge in [0.25, 0.3) is 0 Å². The summed E-state index contributed by atoms with van der Waals surface area (Å²) in [6, 6.07) is 3.48. The Hall–Kier alpha value is -2.14. The summed E-state index contributed by atoms with van der Waals surface area (Å²) < 4.78 is 15.9. The van der Waals surface area contributed by atoms with Crippen molar-refractivity contribution >= 4 is 0 Å². The van der Waals surface area contributed by atoms with E-state index in [-0.39, 0.29) is 19.3 Å². The molecule has 0 aromatic heterocycles. The van der Waals surface area contributed by atoms with Crippen molar-refractivity contribution in [2.75, 3.05) is 27.4 Å². The van der Waals surface area contributed by atoms with Crippen molar-refractivity contribution in [3.8, 4) is 36.2 Å². The van der Waals surface area contributed by atoms with E-state index < -0.39 is 0 Å². The van der Waals surface area contributed by atoms with Crippen LogP contribution in [0.3, 0.4) is 0 Å². The van der Waals surface area contributed by atoms with E-state index >= 15 is 0 Å². The molecular formula is C15H17NO3. The van der Waals surface area contributed by atoms with E-state index in [1.807, 2.05) is 0 Å². The Bertz CT molecular complexity index is 511. The van der Waals surface area contributed by atoms with Gasteiger partial charge in [-0.05, 0) is 12.1 Å². The monoisotopic (exact) mass is 259 g/mol. The third kappa shape index (κ3) is 3.42. The number of nitrogens with two attached hydrogens (primary N) is 1. The fourth-order valence-corrected chi connectivity index (χ4v) is 1.72. The molecule has 1 unspecified atom stereocenters. The van der Waals surface area contributed by atoms with E-state index in [9.17, 15) is 0 Å². The van der Waals surface area contributed by atoms with Gasteiger partial charge in [-0.1, -0.05) is 11.8 Å². The van der Waals surface area contributed by atoms with Gasteiger partial charge in [-0.15, -0.1) is 12.8 Å². The molecule has 0 spiro atoms. The maximum absolute atomic E-state index is 5.70. The molecule has 0 saturated heterocycles. The van der Waals surface area contributed by atoms with Crippen LogP contribution in [0.25, 0.3) is 0 Å². The van der Waals surface area contributed by atoms with Gasteiger partial charge in [0.15, 0.2) is 11.5 Å². The largest absolute Gasteiger partial charge is 0.493 e. The number of terminal acetylenes is 2. The second kappa shape index (κ2) is 7.33. The number of hydrogen-bond donors (Lipinski definition) is 1. The highest BCUT2D eigenvalue weighted by molar-refractivity contribution is 5.53. The number of benzene rings is 1. The summed E-state index contributed by atoms with van der Waals surface area (Å²) in [6.07, 6.45) is 10.3. The lowest BCUT2D eigenvalue weighted by molar-refractivity contribution is 0.0841. The van der Waals surface area contributed by atoms with Crippen LogP contribution in [0.5, 0.6) is 11.5 Å². The summed E-state index contributed by atoms with van der Waals surface area (Å²) in [5.41, 5.74) is 7.10. The Kier molecular flexibility index (Phi) is 5.75. The van der Waals surface area contributed by atoms with Crippen molar-refractivity contribution in [3.63, 3.8) is 0 Å². The molecule has 0 heterocycles. The normalized spacial score (nSPS) is 11.2. The topological polar surface area (TPSA) is 53.7 Å². The van der Waals surface area contributed by atoms with Crippen molar-refractivity contribution in [1.29, 1.82) is 0 Å². The fraction of sp³-hybridized carbons (Fsp3) is 0.333. The number of hydrogen-bond acceptors (Lipinski definition) is 4. The molecule has 0 aliphatic carbocycles. The van der Waals surface area contributed by atoms with Crippen molar-refractivity contribution in [3.05, 3.63) is 23.3 Å². The van der Waals surface area contributed by atoms with Gasteiger partial charge in [0, 0.05) is 17.7 Å².